The van der Waals surface area contributed by atoms with E-state index in [4.69, 9.17) is 4.74 Å². The molecule has 1 aliphatic heterocycles. The second kappa shape index (κ2) is 9.40. The lowest BCUT2D eigenvalue weighted by molar-refractivity contribution is -0.149. The second-order valence-corrected chi connectivity index (χ2v) is 5.49. The zero-order valence-electron chi connectivity index (χ0n) is 13.7. The van der Waals surface area contributed by atoms with E-state index in [1.807, 2.05) is 11.8 Å². The van der Waals surface area contributed by atoms with Gasteiger partial charge in [-0.1, -0.05) is 0 Å². The van der Waals surface area contributed by atoms with E-state index in [9.17, 15) is 14.4 Å². The van der Waals surface area contributed by atoms with Gasteiger partial charge in [-0.25, -0.2) is 0 Å². The Labute approximate surface area is 131 Å². The molecule has 7 nitrogen and oxygen atoms in total. The standard InChI is InChI=1S/C15H27N3O4/c1-4-16-14(20)11(3)17-13(19)10-18-8-6-12(7-9-18)15(21)22-5-2/h11-12H,4-10H2,1-3H3,(H,16,20)(H,17,19)/t11-/m0/s1. The molecule has 0 saturated carbocycles. The fraction of sp³-hybridized carbons (Fsp3) is 0.800. The molecule has 0 bridgehead atoms. The van der Waals surface area contributed by atoms with Crippen molar-refractivity contribution in [3.63, 3.8) is 0 Å². The van der Waals surface area contributed by atoms with Crippen LogP contribution in [0.3, 0.4) is 0 Å². The van der Waals surface area contributed by atoms with E-state index in [0.717, 1.165) is 0 Å². The smallest absolute Gasteiger partial charge is 0.309 e. The predicted molar refractivity (Wildman–Crippen MR) is 82.1 cm³/mol. The number of hydrogen-bond donors (Lipinski definition) is 2. The van der Waals surface area contributed by atoms with Crippen molar-refractivity contribution in [2.75, 3.05) is 32.8 Å². The fourth-order valence-electron chi connectivity index (χ4n) is 2.47. The Morgan fingerprint density at radius 3 is 2.41 bits per heavy atom. The van der Waals surface area contributed by atoms with Crippen LogP contribution in [-0.2, 0) is 19.1 Å². The molecule has 1 atom stereocenters. The van der Waals surface area contributed by atoms with Crippen molar-refractivity contribution in [2.45, 2.75) is 39.7 Å². The average molecular weight is 313 g/mol. The van der Waals surface area contributed by atoms with Crippen LogP contribution in [0.5, 0.6) is 0 Å². The summed E-state index contributed by atoms with van der Waals surface area (Å²) >= 11 is 0. The van der Waals surface area contributed by atoms with Crippen LogP contribution in [0.15, 0.2) is 0 Å². The molecular formula is C15H27N3O4. The maximum Gasteiger partial charge on any atom is 0.309 e. The Morgan fingerprint density at radius 2 is 1.86 bits per heavy atom. The Bertz CT molecular complexity index is 392. The first kappa shape index (κ1) is 18.4. The van der Waals surface area contributed by atoms with Crippen molar-refractivity contribution in [3.8, 4) is 0 Å². The molecule has 0 radical (unpaired) electrons. The van der Waals surface area contributed by atoms with Crippen LogP contribution in [0.1, 0.15) is 33.6 Å². The monoisotopic (exact) mass is 313 g/mol. The molecule has 0 aromatic rings. The van der Waals surface area contributed by atoms with Gasteiger partial charge < -0.3 is 15.4 Å². The van der Waals surface area contributed by atoms with Crippen LogP contribution >= 0.6 is 0 Å². The zero-order valence-corrected chi connectivity index (χ0v) is 13.7. The number of hydrogen-bond acceptors (Lipinski definition) is 5. The molecule has 1 saturated heterocycles. The van der Waals surface area contributed by atoms with Gasteiger partial charge in [-0.15, -0.1) is 0 Å². The Hall–Kier alpha value is -1.63. The van der Waals surface area contributed by atoms with Crippen LogP contribution < -0.4 is 10.6 Å². The summed E-state index contributed by atoms with van der Waals surface area (Å²) in [5, 5.41) is 5.35. The number of likely N-dealkylation sites (tertiary alicyclic amines) is 1. The zero-order chi connectivity index (χ0) is 16.5. The highest BCUT2D eigenvalue weighted by Gasteiger charge is 2.27. The van der Waals surface area contributed by atoms with E-state index in [1.165, 1.54) is 0 Å². The minimum absolute atomic E-state index is 0.0616. The lowest BCUT2D eigenvalue weighted by atomic mass is 9.97. The maximum absolute atomic E-state index is 11.9. The molecule has 0 aromatic carbocycles. The normalized spacial score (nSPS) is 17.6. The molecule has 1 heterocycles. The summed E-state index contributed by atoms with van der Waals surface area (Å²) in [5.41, 5.74) is 0. The summed E-state index contributed by atoms with van der Waals surface area (Å²) in [6.45, 7) is 7.86. The summed E-state index contributed by atoms with van der Waals surface area (Å²) in [6.07, 6.45) is 1.41. The Morgan fingerprint density at radius 1 is 1.23 bits per heavy atom. The van der Waals surface area contributed by atoms with E-state index in [-0.39, 0.29) is 30.2 Å². The van der Waals surface area contributed by atoms with Gasteiger partial charge in [0.2, 0.25) is 11.8 Å². The third-order valence-electron chi connectivity index (χ3n) is 3.70. The minimum atomic E-state index is -0.537. The van der Waals surface area contributed by atoms with Crippen molar-refractivity contribution in [2.24, 2.45) is 5.92 Å². The molecule has 1 fully saturated rings. The molecule has 126 valence electrons. The Balaban J connectivity index is 2.30. The molecule has 7 heteroatoms. The SMILES string of the molecule is CCNC(=O)[C@H](C)NC(=O)CN1CCC(C(=O)OCC)CC1. The molecule has 2 amide bonds. The third-order valence-corrected chi connectivity index (χ3v) is 3.70. The average Bonchev–Trinajstić information content (AvgIpc) is 2.48. The molecule has 0 aromatic heterocycles. The largest absolute Gasteiger partial charge is 0.466 e. The topological polar surface area (TPSA) is 87.7 Å². The van der Waals surface area contributed by atoms with Gasteiger partial charge in [0.05, 0.1) is 19.1 Å². The van der Waals surface area contributed by atoms with Gasteiger partial charge in [-0.05, 0) is 46.7 Å². The molecule has 0 unspecified atom stereocenters. The molecule has 0 spiro atoms. The highest BCUT2D eigenvalue weighted by Crippen LogP contribution is 2.18. The molecule has 2 N–H and O–H groups in total. The van der Waals surface area contributed by atoms with Crippen LogP contribution in [0.2, 0.25) is 0 Å². The first-order valence-corrected chi connectivity index (χ1v) is 7.94. The first-order valence-electron chi connectivity index (χ1n) is 7.94. The van der Waals surface area contributed by atoms with Crippen molar-refractivity contribution in [1.82, 2.24) is 15.5 Å². The van der Waals surface area contributed by atoms with Gasteiger partial charge in [0.25, 0.3) is 0 Å². The summed E-state index contributed by atoms with van der Waals surface area (Å²) in [5.74, 6) is -0.560. The van der Waals surface area contributed by atoms with Crippen LogP contribution in [0.4, 0.5) is 0 Å². The van der Waals surface area contributed by atoms with Crippen LogP contribution in [0.25, 0.3) is 0 Å². The highest BCUT2D eigenvalue weighted by atomic mass is 16.5. The quantitative estimate of drug-likeness (QED) is 0.641. The lowest BCUT2D eigenvalue weighted by Crippen LogP contribution is -2.49. The van der Waals surface area contributed by atoms with Gasteiger partial charge in [0, 0.05) is 6.54 Å². The van der Waals surface area contributed by atoms with Crippen molar-refractivity contribution in [3.05, 3.63) is 0 Å². The van der Waals surface area contributed by atoms with Gasteiger partial charge in [0.1, 0.15) is 6.04 Å². The number of amides is 2. The van der Waals surface area contributed by atoms with Gasteiger partial charge in [-0.3, -0.25) is 19.3 Å². The van der Waals surface area contributed by atoms with Gasteiger partial charge >= 0.3 is 5.97 Å². The number of carbonyl (C=O) groups excluding carboxylic acids is 3. The van der Waals surface area contributed by atoms with Crippen LogP contribution in [-0.4, -0.2) is 61.5 Å². The highest BCUT2D eigenvalue weighted by molar-refractivity contribution is 5.87. The molecule has 22 heavy (non-hydrogen) atoms. The van der Waals surface area contributed by atoms with Crippen molar-refractivity contribution in [1.29, 1.82) is 0 Å². The summed E-state index contributed by atoms with van der Waals surface area (Å²) < 4.78 is 5.02. The van der Waals surface area contributed by atoms with Gasteiger partial charge in [-0.2, -0.15) is 0 Å². The number of nitrogens with zero attached hydrogens (tertiary/aromatic N) is 1. The van der Waals surface area contributed by atoms with E-state index < -0.39 is 6.04 Å². The number of nitrogens with one attached hydrogen (secondary N) is 2. The summed E-state index contributed by atoms with van der Waals surface area (Å²) in [6, 6.07) is -0.537. The molecule has 1 aliphatic rings. The van der Waals surface area contributed by atoms with Gasteiger partial charge in [0.15, 0.2) is 0 Å². The lowest BCUT2D eigenvalue weighted by Gasteiger charge is -2.30. The summed E-state index contributed by atoms with van der Waals surface area (Å²) in [4.78, 5) is 37.1. The van der Waals surface area contributed by atoms with Crippen molar-refractivity contribution < 1.29 is 19.1 Å². The van der Waals surface area contributed by atoms with E-state index >= 15 is 0 Å². The fourth-order valence-corrected chi connectivity index (χ4v) is 2.47. The number of esters is 1. The predicted octanol–water partition coefficient (Wildman–Crippen LogP) is -0.0977. The Kier molecular flexibility index (Phi) is 7.87. The molecule has 0 aliphatic carbocycles. The second-order valence-electron chi connectivity index (χ2n) is 5.49. The minimum Gasteiger partial charge on any atom is -0.466 e. The number of rotatable bonds is 7. The summed E-state index contributed by atoms with van der Waals surface area (Å²) in [7, 11) is 0. The first-order chi connectivity index (χ1) is 10.5. The van der Waals surface area contributed by atoms with E-state index in [0.29, 0.717) is 39.1 Å². The van der Waals surface area contributed by atoms with E-state index in [2.05, 4.69) is 10.6 Å². The van der Waals surface area contributed by atoms with Crippen LogP contribution in [0, 0.1) is 5.92 Å². The number of likely N-dealkylation sites (N-methyl/N-ethyl adjacent to an activating group) is 1. The molecular weight excluding hydrogens is 286 g/mol. The number of carbonyl (C=O) groups is 3. The number of piperidine rings is 1. The van der Waals surface area contributed by atoms with Crippen molar-refractivity contribution >= 4 is 17.8 Å². The third kappa shape index (κ3) is 6.01. The number of ether oxygens (including phenoxy) is 1. The maximum atomic E-state index is 11.9. The molecule has 1 rings (SSSR count). The van der Waals surface area contributed by atoms with E-state index in [1.54, 1.807) is 13.8 Å².